The molecule has 0 spiro atoms. The second kappa shape index (κ2) is 4.96. The van der Waals surface area contributed by atoms with Gasteiger partial charge in [-0.3, -0.25) is 4.68 Å². The maximum absolute atomic E-state index is 10.6. The van der Waals surface area contributed by atoms with Crippen LogP contribution in [0, 0.1) is 6.92 Å². The lowest BCUT2D eigenvalue weighted by Gasteiger charge is -2.02. The van der Waals surface area contributed by atoms with E-state index in [1.165, 1.54) is 16.7 Å². The van der Waals surface area contributed by atoms with Crippen LogP contribution in [0.4, 0.5) is 5.13 Å². The Balaban J connectivity index is 1.83. The summed E-state index contributed by atoms with van der Waals surface area (Å²) >= 11 is 1.29. The summed E-state index contributed by atoms with van der Waals surface area (Å²) in [7, 11) is 0. The molecule has 0 saturated carbocycles. The number of aromatic carboxylic acids is 1. The zero-order valence-electron chi connectivity index (χ0n) is 9.25. The van der Waals surface area contributed by atoms with E-state index in [0.717, 1.165) is 12.1 Å². The molecule has 0 radical (unpaired) electrons. The molecule has 0 aliphatic carbocycles. The van der Waals surface area contributed by atoms with E-state index < -0.39 is 5.97 Å². The number of carboxylic acids is 1. The van der Waals surface area contributed by atoms with Crippen molar-refractivity contribution in [2.45, 2.75) is 13.5 Å². The fourth-order valence-electron chi connectivity index (χ4n) is 1.32. The van der Waals surface area contributed by atoms with Gasteiger partial charge < -0.3 is 10.4 Å². The Labute approximate surface area is 102 Å². The van der Waals surface area contributed by atoms with Gasteiger partial charge in [0.05, 0.1) is 12.7 Å². The second-order valence-electron chi connectivity index (χ2n) is 3.55. The van der Waals surface area contributed by atoms with Crippen LogP contribution in [0.5, 0.6) is 0 Å². The number of rotatable bonds is 5. The van der Waals surface area contributed by atoms with Crippen molar-refractivity contribution >= 4 is 22.4 Å². The van der Waals surface area contributed by atoms with Gasteiger partial charge >= 0.3 is 5.97 Å². The highest BCUT2D eigenvalue weighted by Gasteiger charge is 2.07. The van der Waals surface area contributed by atoms with Gasteiger partial charge in [-0.25, -0.2) is 9.78 Å². The molecule has 90 valence electrons. The number of aryl methyl sites for hydroxylation is 1. The number of hydrogen-bond donors (Lipinski definition) is 2. The monoisotopic (exact) mass is 252 g/mol. The van der Waals surface area contributed by atoms with Crippen LogP contribution in [-0.2, 0) is 6.54 Å². The highest BCUT2D eigenvalue weighted by Crippen LogP contribution is 2.14. The van der Waals surface area contributed by atoms with Gasteiger partial charge in [-0.2, -0.15) is 5.10 Å². The molecule has 2 rings (SSSR count). The number of anilines is 1. The minimum absolute atomic E-state index is 0.0763. The molecular formula is C10H12N4O2S. The van der Waals surface area contributed by atoms with Gasteiger partial charge in [0.15, 0.2) is 10.8 Å². The average Bonchev–Trinajstić information content (AvgIpc) is 2.88. The van der Waals surface area contributed by atoms with Crippen molar-refractivity contribution in [1.82, 2.24) is 14.8 Å². The number of nitrogens with one attached hydrogen (secondary N) is 1. The topological polar surface area (TPSA) is 80.0 Å². The van der Waals surface area contributed by atoms with E-state index in [4.69, 9.17) is 5.11 Å². The number of aromatic nitrogens is 3. The van der Waals surface area contributed by atoms with Gasteiger partial charge in [0, 0.05) is 18.1 Å². The normalized spacial score (nSPS) is 10.4. The molecule has 7 heteroatoms. The predicted octanol–water partition coefficient (Wildman–Crippen LogP) is 1.46. The molecule has 0 unspecified atom stereocenters. The summed E-state index contributed by atoms with van der Waals surface area (Å²) in [5, 5.41) is 18.0. The smallest absolute Gasteiger partial charge is 0.355 e. The van der Waals surface area contributed by atoms with E-state index in [1.807, 2.05) is 17.8 Å². The van der Waals surface area contributed by atoms with Crippen LogP contribution in [0.15, 0.2) is 17.8 Å². The molecule has 6 nitrogen and oxygen atoms in total. The number of nitrogens with zero attached hydrogens (tertiary/aromatic N) is 3. The first kappa shape index (κ1) is 11.6. The Morgan fingerprint density at radius 1 is 1.65 bits per heavy atom. The highest BCUT2D eigenvalue weighted by atomic mass is 32.1. The number of carboxylic acid groups (broad SMARTS) is 1. The summed E-state index contributed by atoms with van der Waals surface area (Å²) < 4.78 is 1.83. The molecule has 0 aliphatic rings. The van der Waals surface area contributed by atoms with Crippen LogP contribution < -0.4 is 5.32 Å². The summed E-state index contributed by atoms with van der Waals surface area (Å²) in [5.41, 5.74) is 1.19. The molecule has 0 atom stereocenters. The lowest BCUT2D eigenvalue weighted by molar-refractivity contribution is 0.0691. The standard InChI is InChI=1S/C10H12N4O2S/c1-7-4-12-14(5-7)3-2-11-10-13-8(6-17-10)9(15)16/h4-6H,2-3H2,1H3,(H,11,13)(H,15,16). The summed E-state index contributed by atoms with van der Waals surface area (Å²) in [6.07, 6.45) is 3.75. The molecule has 2 heterocycles. The van der Waals surface area contributed by atoms with E-state index in [0.29, 0.717) is 11.7 Å². The van der Waals surface area contributed by atoms with Crippen molar-refractivity contribution in [2.75, 3.05) is 11.9 Å². The highest BCUT2D eigenvalue weighted by molar-refractivity contribution is 7.13. The van der Waals surface area contributed by atoms with E-state index in [-0.39, 0.29) is 5.69 Å². The van der Waals surface area contributed by atoms with Crippen LogP contribution in [-0.4, -0.2) is 32.4 Å². The number of hydrogen-bond acceptors (Lipinski definition) is 5. The van der Waals surface area contributed by atoms with Gasteiger partial charge in [-0.05, 0) is 12.5 Å². The quantitative estimate of drug-likeness (QED) is 0.842. The average molecular weight is 252 g/mol. The van der Waals surface area contributed by atoms with Gasteiger partial charge in [0.1, 0.15) is 0 Å². The third-order valence-electron chi connectivity index (χ3n) is 2.10. The largest absolute Gasteiger partial charge is 0.476 e. The zero-order chi connectivity index (χ0) is 12.3. The van der Waals surface area contributed by atoms with Crippen LogP contribution in [0.3, 0.4) is 0 Å². The first-order chi connectivity index (χ1) is 8.15. The van der Waals surface area contributed by atoms with Crippen molar-refractivity contribution in [2.24, 2.45) is 0 Å². The summed E-state index contributed by atoms with van der Waals surface area (Å²) in [4.78, 5) is 14.5. The Morgan fingerprint density at radius 2 is 2.47 bits per heavy atom. The van der Waals surface area contributed by atoms with Crippen molar-refractivity contribution in [3.05, 3.63) is 29.0 Å². The van der Waals surface area contributed by atoms with Gasteiger partial charge in [0.25, 0.3) is 0 Å². The Hall–Kier alpha value is -1.89. The first-order valence-electron chi connectivity index (χ1n) is 5.07. The van der Waals surface area contributed by atoms with Crippen LogP contribution >= 0.6 is 11.3 Å². The fraction of sp³-hybridized carbons (Fsp3) is 0.300. The predicted molar refractivity (Wildman–Crippen MR) is 64.5 cm³/mol. The molecule has 0 bridgehead atoms. The van der Waals surface area contributed by atoms with Crippen molar-refractivity contribution in [3.63, 3.8) is 0 Å². The van der Waals surface area contributed by atoms with Gasteiger partial charge in [-0.15, -0.1) is 11.3 Å². The maximum Gasteiger partial charge on any atom is 0.355 e. The molecular weight excluding hydrogens is 240 g/mol. The lowest BCUT2D eigenvalue weighted by atomic mass is 10.4. The first-order valence-corrected chi connectivity index (χ1v) is 5.95. The Kier molecular flexibility index (Phi) is 3.38. The van der Waals surface area contributed by atoms with Gasteiger partial charge in [0.2, 0.25) is 0 Å². The molecule has 0 saturated heterocycles. The SMILES string of the molecule is Cc1cnn(CCNc2nc(C(=O)O)cs2)c1. The molecule has 0 aliphatic heterocycles. The summed E-state index contributed by atoms with van der Waals surface area (Å²) in [5.74, 6) is -1.00. The molecule has 0 fully saturated rings. The molecule has 2 aromatic heterocycles. The molecule has 0 aromatic carbocycles. The van der Waals surface area contributed by atoms with E-state index in [1.54, 1.807) is 6.20 Å². The van der Waals surface area contributed by atoms with Crippen LogP contribution in [0.2, 0.25) is 0 Å². The molecule has 2 aromatic rings. The zero-order valence-corrected chi connectivity index (χ0v) is 10.1. The van der Waals surface area contributed by atoms with E-state index >= 15 is 0 Å². The minimum Gasteiger partial charge on any atom is -0.476 e. The van der Waals surface area contributed by atoms with Crippen molar-refractivity contribution < 1.29 is 9.90 Å². The van der Waals surface area contributed by atoms with Crippen LogP contribution in [0.1, 0.15) is 16.1 Å². The Bertz CT molecular complexity index is 520. The third-order valence-corrected chi connectivity index (χ3v) is 2.90. The summed E-state index contributed by atoms with van der Waals surface area (Å²) in [6.45, 7) is 3.36. The lowest BCUT2D eigenvalue weighted by Crippen LogP contribution is -2.10. The number of carbonyl (C=O) groups is 1. The fourth-order valence-corrected chi connectivity index (χ4v) is 2.03. The molecule has 2 N–H and O–H groups in total. The maximum atomic E-state index is 10.6. The van der Waals surface area contributed by atoms with Crippen LogP contribution in [0.25, 0.3) is 0 Å². The number of thiazole rings is 1. The van der Waals surface area contributed by atoms with E-state index in [9.17, 15) is 4.79 Å². The van der Waals surface area contributed by atoms with Gasteiger partial charge in [-0.1, -0.05) is 0 Å². The summed E-state index contributed by atoms with van der Waals surface area (Å²) in [6, 6.07) is 0. The minimum atomic E-state index is -1.00. The third kappa shape index (κ3) is 3.04. The second-order valence-corrected chi connectivity index (χ2v) is 4.41. The molecule has 0 amide bonds. The van der Waals surface area contributed by atoms with Crippen molar-refractivity contribution in [3.8, 4) is 0 Å². The molecule has 17 heavy (non-hydrogen) atoms. The van der Waals surface area contributed by atoms with E-state index in [2.05, 4.69) is 15.4 Å². The van der Waals surface area contributed by atoms with Crippen molar-refractivity contribution in [1.29, 1.82) is 0 Å². The Morgan fingerprint density at radius 3 is 3.06 bits per heavy atom.